The van der Waals surface area contributed by atoms with Crippen LogP contribution in [0.2, 0.25) is 0 Å². The lowest BCUT2D eigenvalue weighted by Crippen LogP contribution is -2.29. The van der Waals surface area contributed by atoms with E-state index in [2.05, 4.69) is 16.5 Å². The Bertz CT molecular complexity index is 276. The van der Waals surface area contributed by atoms with Crippen molar-refractivity contribution in [2.24, 2.45) is 11.8 Å². The highest BCUT2D eigenvalue weighted by molar-refractivity contribution is 7.03. The topological polar surface area (TPSA) is 46.0 Å². The normalized spacial score (nSPS) is 33.1. The summed E-state index contributed by atoms with van der Waals surface area (Å²) in [6.45, 7) is 2.26. The molecule has 0 amide bonds. The van der Waals surface area contributed by atoms with E-state index in [9.17, 15) is 5.11 Å². The number of aliphatic hydroxyl groups excluding tert-OH is 1. The first-order chi connectivity index (χ1) is 6.75. The van der Waals surface area contributed by atoms with Crippen molar-refractivity contribution in [1.82, 2.24) is 9.59 Å². The highest BCUT2D eigenvalue weighted by Crippen LogP contribution is 2.31. The zero-order valence-electron chi connectivity index (χ0n) is 8.39. The Hall–Kier alpha value is -0.480. The van der Waals surface area contributed by atoms with Crippen LogP contribution in [0, 0.1) is 11.8 Å². The van der Waals surface area contributed by atoms with Crippen LogP contribution in [0.15, 0.2) is 5.38 Å². The Labute approximate surface area is 88.3 Å². The average molecular weight is 212 g/mol. The quantitative estimate of drug-likeness (QED) is 0.814. The Morgan fingerprint density at radius 1 is 1.57 bits per heavy atom. The lowest BCUT2D eigenvalue weighted by molar-refractivity contribution is 0.0515. The SMILES string of the molecule is CC1CCC(O)C(Cc2csnn2)C1. The molecule has 3 unspecified atom stereocenters. The van der Waals surface area contributed by atoms with E-state index in [4.69, 9.17) is 0 Å². The Kier molecular flexibility index (Phi) is 3.13. The molecule has 4 heteroatoms. The molecule has 3 nitrogen and oxygen atoms in total. The summed E-state index contributed by atoms with van der Waals surface area (Å²) in [6, 6.07) is 0. The van der Waals surface area contributed by atoms with Crippen LogP contribution in [0.1, 0.15) is 31.9 Å². The van der Waals surface area contributed by atoms with Gasteiger partial charge in [-0.25, -0.2) is 0 Å². The van der Waals surface area contributed by atoms with E-state index in [0.717, 1.165) is 37.3 Å². The first-order valence-electron chi connectivity index (χ1n) is 5.19. The van der Waals surface area contributed by atoms with Crippen molar-refractivity contribution in [3.05, 3.63) is 11.1 Å². The molecule has 0 spiro atoms. The predicted octanol–water partition coefficient (Wildman–Crippen LogP) is 1.88. The lowest BCUT2D eigenvalue weighted by Gasteiger charge is -2.31. The highest BCUT2D eigenvalue weighted by atomic mass is 32.1. The van der Waals surface area contributed by atoms with Gasteiger partial charge in [0.25, 0.3) is 0 Å². The number of nitrogens with zero attached hydrogens (tertiary/aromatic N) is 2. The first-order valence-corrected chi connectivity index (χ1v) is 6.03. The summed E-state index contributed by atoms with van der Waals surface area (Å²) in [5.41, 5.74) is 1.04. The van der Waals surface area contributed by atoms with Gasteiger partial charge in [-0.15, -0.1) is 5.10 Å². The molecule has 0 radical (unpaired) electrons. The molecular weight excluding hydrogens is 196 g/mol. The third-order valence-corrected chi connectivity index (χ3v) is 3.63. The molecule has 0 saturated heterocycles. The molecule has 1 fully saturated rings. The second-order valence-corrected chi connectivity index (χ2v) is 4.96. The van der Waals surface area contributed by atoms with Crippen molar-refractivity contribution >= 4 is 11.5 Å². The minimum absolute atomic E-state index is 0.132. The molecule has 1 aliphatic rings. The number of hydrogen-bond acceptors (Lipinski definition) is 4. The Morgan fingerprint density at radius 3 is 3.14 bits per heavy atom. The maximum atomic E-state index is 9.84. The molecule has 14 heavy (non-hydrogen) atoms. The van der Waals surface area contributed by atoms with Gasteiger partial charge in [-0.2, -0.15) is 0 Å². The molecule has 0 aliphatic heterocycles. The summed E-state index contributed by atoms with van der Waals surface area (Å²) in [6.07, 6.45) is 3.99. The molecule has 78 valence electrons. The van der Waals surface area contributed by atoms with Gasteiger partial charge in [0.1, 0.15) is 0 Å². The molecule has 1 aromatic rings. The van der Waals surface area contributed by atoms with Crippen molar-refractivity contribution in [1.29, 1.82) is 0 Å². The van der Waals surface area contributed by atoms with Gasteiger partial charge < -0.3 is 5.11 Å². The number of aromatic nitrogens is 2. The van der Waals surface area contributed by atoms with E-state index in [1.165, 1.54) is 11.5 Å². The van der Waals surface area contributed by atoms with Crippen molar-refractivity contribution in [3.63, 3.8) is 0 Å². The minimum atomic E-state index is -0.132. The second kappa shape index (κ2) is 4.36. The van der Waals surface area contributed by atoms with Crippen molar-refractivity contribution < 1.29 is 5.11 Å². The summed E-state index contributed by atoms with van der Waals surface area (Å²) >= 11 is 1.39. The van der Waals surface area contributed by atoms with Crippen LogP contribution in [0.25, 0.3) is 0 Å². The fraction of sp³-hybridized carbons (Fsp3) is 0.800. The summed E-state index contributed by atoms with van der Waals surface area (Å²) in [4.78, 5) is 0. The molecule has 3 atom stereocenters. The second-order valence-electron chi connectivity index (χ2n) is 4.35. The summed E-state index contributed by atoms with van der Waals surface area (Å²) in [7, 11) is 0. The van der Waals surface area contributed by atoms with Crippen LogP contribution >= 0.6 is 11.5 Å². The van der Waals surface area contributed by atoms with E-state index in [-0.39, 0.29) is 6.10 Å². The molecule has 1 aromatic heterocycles. The summed E-state index contributed by atoms with van der Waals surface area (Å²) in [5.74, 6) is 1.14. The van der Waals surface area contributed by atoms with Crippen LogP contribution in [0.3, 0.4) is 0 Å². The number of hydrogen-bond donors (Lipinski definition) is 1. The van der Waals surface area contributed by atoms with Crippen molar-refractivity contribution in [2.45, 2.75) is 38.7 Å². The fourth-order valence-electron chi connectivity index (χ4n) is 2.24. The summed E-state index contributed by atoms with van der Waals surface area (Å²) < 4.78 is 3.84. The lowest BCUT2D eigenvalue weighted by atomic mass is 9.78. The third kappa shape index (κ3) is 2.30. The van der Waals surface area contributed by atoms with Gasteiger partial charge in [-0.1, -0.05) is 11.4 Å². The van der Waals surface area contributed by atoms with Gasteiger partial charge in [0.2, 0.25) is 0 Å². The average Bonchev–Trinajstić information content (AvgIpc) is 2.64. The Morgan fingerprint density at radius 2 is 2.43 bits per heavy atom. The van der Waals surface area contributed by atoms with Gasteiger partial charge in [-0.3, -0.25) is 0 Å². The molecule has 0 bridgehead atoms. The van der Waals surface area contributed by atoms with Gasteiger partial charge in [0.15, 0.2) is 0 Å². The van der Waals surface area contributed by atoms with Gasteiger partial charge >= 0.3 is 0 Å². The van der Waals surface area contributed by atoms with E-state index in [1.807, 2.05) is 5.38 Å². The van der Waals surface area contributed by atoms with E-state index >= 15 is 0 Å². The van der Waals surface area contributed by atoms with Gasteiger partial charge in [0.05, 0.1) is 11.8 Å². The molecular formula is C10H16N2OS. The van der Waals surface area contributed by atoms with E-state index in [1.54, 1.807) is 0 Å². The van der Waals surface area contributed by atoms with Crippen LogP contribution in [0.4, 0.5) is 0 Å². The smallest absolute Gasteiger partial charge is 0.0759 e. The predicted molar refractivity (Wildman–Crippen MR) is 56.1 cm³/mol. The van der Waals surface area contributed by atoms with Crippen molar-refractivity contribution in [2.75, 3.05) is 0 Å². The zero-order valence-corrected chi connectivity index (χ0v) is 9.20. The molecule has 1 heterocycles. The molecule has 1 aliphatic carbocycles. The summed E-state index contributed by atoms with van der Waals surface area (Å²) in [5, 5.41) is 15.8. The van der Waals surface area contributed by atoms with E-state index in [0.29, 0.717) is 5.92 Å². The third-order valence-electron chi connectivity index (χ3n) is 3.08. The monoisotopic (exact) mass is 212 g/mol. The maximum absolute atomic E-state index is 9.84. The van der Waals surface area contributed by atoms with Gasteiger partial charge in [-0.05, 0) is 49.1 Å². The standard InChI is InChI=1S/C10H16N2OS/c1-7-2-3-10(13)8(4-7)5-9-6-14-12-11-9/h6-8,10,13H,2-5H2,1H3. The minimum Gasteiger partial charge on any atom is -0.393 e. The zero-order chi connectivity index (χ0) is 9.97. The Balaban J connectivity index is 1.95. The largest absolute Gasteiger partial charge is 0.393 e. The number of rotatable bonds is 2. The van der Waals surface area contributed by atoms with Gasteiger partial charge in [0, 0.05) is 5.38 Å². The molecule has 0 aromatic carbocycles. The highest BCUT2D eigenvalue weighted by Gasteiger charge is 2.27. The molecule has 2 rings (SSSR count). The van der Waals surface area contributed by atoms with Crippen LogP contribution in [-0.4, -0.2) is 20.8 Å². The molecule has 1 N–H and O–H groups in total. The van der Waals surface area contributed by atoms with Crippen molar-refractivity contribution in [3.8, 4) is 0 Å². The van der Waals surface area contributed by atoms with Crippen LogP contribution < -0.4 is 0 Å². The fourth-order valence-corrected chi connectivity index (χ4v) is 2.71. The number of aliphatic hydroxyl groups is 1. The maximum Gasteiger partial charge on any atom is 0.0759 e. The molecule has 1 saturated carbocycles. The first kappa shape index (κ1) is 10.1. The van der Waals surface area contributed by atoms with Crippen LogP contribution in [0.5, 0.6) is 0 Å². The van der Waals surface area contributed by atoms with E-state index < -0.39 is 0 Å². The van der Waals surface area contributed by atoms with Crippen LogP contribution in [-0.2, 0) is 6.42 Å².